The highest BCUT2D eigenvalue weighted by atomic mass is 32.2. The lowest BCUT2D eigenvalue weighted by Crippen LogP contribution is -2.41. The van der Waals surface area contributed by atoms with E-state index in [4.69, 9.17) is 4.55 Å². The SMILES string of the molecule is CNC.O=S(=O)(O)CC(F)C(F)C(F)C(F)C(F)CCCF. The Morgan fingerprint density at radius 3 is 1.73 bits per heavy atom. The molecule has 4 nitrogen and oxygen atoms in total. The van der Waals surface area contributed by atoms with Gasteiger partial charge in [-0.05, 0) is 26.9 Å². The van der Waals surface area contributed by atoms with E-state index in [-0.39, 0.29) is 0 Å². The van der Waals surface area contributed by atoms with Crippen LogP contribution in [0.5, 0.6) is 0 Å². The van der Waals surface area contributed by atoms with Crippen molar-refractivity contribution in [1.29, 1.82) is 0 Å². The van der Waals surface area contributed by atoms with Gasteiger partial charge in [0, 0.05) is 0 Å². The lowest BCUT2D eigenvalue weighted by atomic mass is 10.0. The number of rotatable bonds is 9. The van der Waals surface area contributed by atoms with E-state index in [9.17, 15) is 34.8 Å². The number of nitrogens with one attached hydrogen (secondary N) is 1. The maximum Gasteiger partial charge on any atom is 0.267 e. The van der Waals surface area contributed by atoms with Gasteiger partial charge in [-0.3, -0.25) is 8.94 Å². The van der Waals surface area contributed by atoms with Crippen molar-refractivity contribution in [3.8, 4) is 0 Å². The van der Waals surface area contributed by atoms with Crippen molar-refractivity contribution in [3.63, 3.8) is 0 Å². The van der Waals surface area contributed by atoms with Crippen LogP contribution in [0, 0.1) is 0 Å². The minimum Gasteiger partial charge on any atom is -0.323 e. The first kappa shape index (κ1) is 23.7. The topological polar surface area (TPSA) is 66.4 Å². The summed E-state index contributed by atoms with van der Waals surface area (Å²) in [5.41, 5.74) is 0. The average Bonchev–Trinajstić information content (AvgIpc) is 2.41. The van der Waals surface area contributed by atoms with Crippen LogP contribution in [0.3, 0.4) is 0 Å². The van der Waals surface area contributed by atoms with Gasteiger partial charge in [0.2, 0.25) is 0 Å². The van der Waals surface area contributed by atoms with E-state index in [1.54, 1.807) is 0 Å². The zero-order valence-corrected chi connectivity index (χ0v) is 13.0. The molecule has 0 aliphatic heterocycles. The van der Waals surface area contributed by atoms with Crippen LogP contribution < -0.4 is 5.32 Å². The van der Waals surface area contributed by atoms with Gasteiger partial charge in [-0.2, -0.15) is 8.42 Å². The van der Waals surface area contributed by atoms with E-state index < -0.39 is 66.2 Å². The predicted molar refractivity (Wildman–Crippen MR) is 71.1 cm³/mol. The Morgan fingerprint density at radius 1 is 0.955 bits per heavy atom. The van der Waals surface area contributed by atoms with Gasteiger partial charge in [-0.15, -0.1) is 0 Å². The Kier molecular flexibility index (Phi) is 12.9. The van der Waals surface area contributed by atoms with Crippen LogP contribution in [-0.4, -0.2) is 70.4 Å². The summed E-state index contributed by atoms with van der Waals surface area (Å²) in [6.45, 7) is -0.975. The second-order valence-corrected chi connectivity index (χ2v) is 5.94. The molecule has 0 aromatic heterocycles. The van der Waals surface area contributed by atoms with Crippen LogP contribution in [0.25, 0.3) is 0 Å². The molecule has 0 aliphatic rings. The van der Waals surface area contributed by atoms with Crippen molar-refractivity contribution in [1.82, 2.24) is 5.32 Å². The van der Waals surface area contributed by atoms with Crippen molar-refractivity contribution >= 4 is 10.1 Å². The summed E-state index contributed by atoms with van der Waals surface area (Å²) < 4.78 is 105. The molecule has 0 aromatic rings. The molecule has 0 spiro atoms. The molecule has 0 fully saturated rings. The Labute approximate surface area is 126 Å². The first-order valence-electron chi connectivity index (χ1n) is 6.31. The maximum atomic E-state index is 13.1. The number of halogens is 6. The van der Waals surface area contributed by atoms with Gasteiger partial charge in [-0.1, -0.05) is 0 Å². The van der Waals surface area contributed by atoms with Gasteiger partial charge >= 0.3 is 0 Å². The Balaban J connectivity index is 0. The molecule has 136 valence electrons. The summed E-state index contributed by atoms with van der Waals surface area (Å²) in [4.78, 5) is 0. The smallest absolute Gasteiger partial charge is 0.267 e. The van der Waals surface area contributed by atoms with Gasteiger partial charge in [0.25, 0.3) is 10.1 Å². The van der Waals surface area contributed by atoms with Crippen molar-refractivity contribution in [2.45, 2.75) is 43.7 Å². The number of hydrogen-bond donors (Lipinski definition) is 2. The highest BCUT2D eigenvalue weighted by Crippen LogP contribution is 2.24. The zero-order chi connectivity index (χ0) is 17.9. The molecular weight excluding hydrogens is 340 g/mol. The average molecular weight is 361 g/mol. The first-order valence-corrected chi connectivity index (χ1v) is 7.92. The van der Waals surface area contributed by atoms with E-state index in [0.29, 0.717) is 0 Å². The Morgan fingerprint density at radius 2 is 1.36 bits per heavy atom. The van der Waals surface area contributed by atoms with Crippen LogP contribution in [0.4, 0.5) is 26.3 Å². The number of alkyl halides is 6. The van der Waals surface area contributed by atoms with Crippen molar-refractivity contribution in [2.24, 2.45) is 0 Å². The minimum atomic E-state index is -4.91. The van der Waals surface area contributed by atoms with E-state index >= 15 is 0 Å². The van der Waals surface area contributed by atoms with E-state index in [0.717, 1.165) is 0 Å². The van der Waals surface area contributed by atoms with Crippen LogP contribution in [0.1, 0.15) is 12.8 Å². The van der Waals surface area contributed by atoms with Crippen molar-refractivity contribution in [2.75, 3.05) is 26.5 Å². The Bertz CT molecular complexity index is 373. The van der Waals surface area contributed by atoms with Crippen molar-refractivity contribution < 1.29 is 39.3 Å². The van der Waals surface area contributed by atoms with Gasteiger partial charge in [-0.25, -0.2) is 22.0 Å². The van der Waals surface area contributed by atoms with Gasteiger partial charge in [0.1, 0.15) is 11.9 Å². The third-order valence-corrected chi connectivity index (χ3v) is 3.02. The minimum absolute atomic E-state index is 0.407. The molecule has 11 heteroatoms. The van der Waals surface area contributed by atoms with E-state index in [2.05, 4.69) is 5.32 Å². The highest BCUT2D eigenvalue weighted by Gasteiger charge is 2.41. The lowest BCUT2D eigenvalue weighted by molar-refractivity contribution is 0.00326. The summed E-state index contributed by atoms with van der Waals surface area (Å²) in [5.74, 6) is -1.76. The molecule has 0 aromatic carbocycles. The molecule has 5 atom stereocenters. The number of hydrogen-bond acceptors (Lipinski definition) is 3. The Hall–Kier alpha value is -0.550. The molecule has 2 N–H and O–H groups in total. The monoisotopic (exact) mass is 361 g/mol. The molecule has 0 amide bonds. The fraction of sp³-hybridized carbons (Fsp3) is 1.00. The highest BCUT2D eigenvalue weighted by molar-refractivity contribution is 7.85. The third-order valence-electron chi connectivity index (χ3n) is 2.28. The largest absolute Gasteiger partial charge is 0.323 e. The van der Waals surface area contributed by atoms with Crippen LogP contribution in [0.2, 0.25) is 0 Å². The van der Waals surface area contributed by atoms with Gasteiger partial charge in [0.15, 0.2) is 24.7 Å². The summed E-state index contributed by atoms with van der Waals surface area (Å²) in [6, 6.07) is 0. The van der Waals surface area contributed by atoms with Crippen LogP contribution >= 0.6 is 0 Å². The fourth-order valence-electron chi connectivity index (χ4n) is 1.30. The summed E-state index contributed by atoms with van der Waals surface area (Å²) in [6.07, 6.45) is -16.2. The van der Waals surface area contributed by atoms with E-state index in [1.807, 2.05) is 14.1 Å². The second kappa shape index (κ2) is 11.9. The molecule has 0 rings (SSSR count). The summed E-state index contributed by atoms with van der Waals surface area (Å²) in [5, 5.41) is 2.75. The molecular formula is C11H21F6NO3S. The van der Waals surface area contributed by atoms with Crippen molar-refractivity contribution in [3.05, 3.63) is 0 Å². The molecule has 22 heavy (non-hydrogen) atoms. The fourth-order valence-corrected chi connectivity index (χ4v) is 1.89. The molecule has 0 radical (unpaired) electrons. The second-order valence-electron chi connectivity index (χ2n) is 4.45. The van der Waals surface area contributed by atoms with Crippen LogP contribution in [-0.2, 0) is 10.1 Å². The summed E-state index contributed by atoms with van der Waals surface area (Å²) in [7, 11) is -1.16. The van der Waals surface area contributed by atoms with Gasteiger partial charge < -0.3 is 5.32 Å². The maximum absolute atomic E-state index is 13.1. The molecule has 0 bridgehead atoms. The quantitative estimate of drug-likeness (QED) is 0.488. The van der Waals surface area contributed by atoms with E-state index in [1.165, 1.54) is 0 Å². The molecule has 0 saturated heterocycles. The standard InChI is InChI=1S/C9H14F6O3S.C2H7N/c10-3-1-2-5(11)7(13)9(15)8(14)6(12)4-19(16,17)18;1-3-2/h5-9H,1-4H2,(H,16,17,18);3H,1-2H3. The molecule has 0 aliphatic carbocycles. The molecule has 5 unspecified atom stereocenters. The predicted octanol–water partition coefficient (Wildman–Crippen LogP) is 2.15. The third kappa shape index (κ3) is 11.1. The lowest BCUT2D eigenvalue weighted by Gasteiger charge is -2.22. The normalized spacial score (nSPS) is 18.6. The molecule has 0 saturated carbocycles. The summed E-state index contributed by atoms with van der Waals surface area (Å²) >= 11 is 0. The molecule has 0 heterocycles. The van der Waals surface area contributed by atoms with Crippen LogP contribution in [0.15, 0.2) is 0 Å². The first-order chi connectivity index (χ1) is 10.0. The zero-order valence-electron chi connectivity index (χ0n) is 12.2. The van der Waals surface area contributed by atoms with Gasteiger partial charge in [0.05, 0.1) is 6.67 Å².